The van der Waals surface area contributed by atoms with E-state index in [-0.39, 0.29) is 17.9 Å². The maximum Gasteiger partial charge on any atom is 0.412 e. The number of ketones is 1. The number of pyridine rings is 1. The normalized spacial score (nSPS) is 11.8. The Labute approximate surface area is 217 Å². The number of ether oxygens (including phenoxy) is 3. The van der Waals surface area contributed by atoms with E-state index in [1.165, 1.54) is 7.11 Å². The molecule has 0 aliphatic rings. The van der Waals surface area contributed by atoms with Crippen LogP contribution < -0.4 is 10.1 Å². The number of hydrogen-bond acceptors (Lipinski definition) is 7. The van der Waals surface area contributed by atoms with Gasteiger partial charge in [-0.25, -0.2) is 14.6 Å². The number of esters is 1. The molecule has 0 spiro atoms. The number of carbonyl (C=O) groups is 3. The molecule has 8 heteroatoms. The molecule has 0 radical (unpaired) electrons. The highest BCUT2D eigenvalue weighted by molar-refractivity contribution is 6.02. The standard InChI is InChI=1S/C29H32N2O6/c1-18-15-24(31-28(34)37-29(2,3)4)21(17-25(18)35-5)22(26(32)19-11-8-7-9-12-19)16-20-13-10-14-23(30-20)27(33)36-6/h7-15,17,22H,16H2,1-6H3,(H,31,34). The van der Waals surface area contributed by atoms with Gasteiger partial charge < -0.3 is 14.2 Å². The first-order valence-electron chi connectivity index (χ1n) is 11.8. The molecule has 2 aromatic carbocycles. The molecule has 1 aromatic heterocycles. The third-order valence-corrected chi connectivity index (χ3v) is 5.57. The Balaban J connectivity index is 2.13. The van der Waals surface area contributed by atoms with Crippen LogP contribution in [-0.4, -0.2) is 42.7 Å². The van der Waals surface area contributed by atoms with Crippen molar-refractivity contribution in [1.29, 1.82) is 0 Å². The second kappa shape index (κ2) is 11.7. The monoisotopic (exact) mass is 504 g/mol. The van der Waals surface area contributed by atoms with Crippen LogP contribution in [-0.2, 0) is 15.9 Å². The fraction of sp³-hybridized carbons (Fsp3) is 0.310. The van der Waals surface area contributed by atoms with Crippen molar-refractivity contribution in [1.82, 2.24) is 4.98 Å². The smallest absolute Gasteiger partial charge is 0.412 e. The van der Waals surface area contributed by atoms with Gasteiger partial charge in [-0.05, 0) is 63.1 Å². The van der Waals surface area contributed by atoms with Crippen molar-refractivity contribution in [3.8, 4) is 5.75 Å². The number of aryl methyl sites for hydroxylation is 1. The number of nitrogens with zero attached hydrogens (tertiary/aromatic N) is 1. The van der Waals surface area contributed by atoms with Crippen molar-refractivity contribution in [2.75, 3.05) is 19.5 Å². The van der Waals surface area contributed by atoms with E-state index in [2.05, 4.69) is 10.3 Å². The summed E-state index contributed by atoms with van der Waals surface area (Å²) in [5.41, 5.74) is 2.18. The Hall–Kier alpha value is -4.20. The van der Waals surface area contributed by atoms with Crippen LogP contribution >= 0.6 is 0 Å². The maximum atomic E-state index is 13.9. The summed E-state index contributed by atoms with van der Waals surface area (Å²) in [6.45, 7) is 7.16. The Kier molecular flexibility index (Phi) is 8.65. The number of aromatic nitrogens is 1. The van der Waals surface area contributed by atoms with Gasteiger partial charge in [0.05, 0.1) is 20.1 Å². The lowest BCUT2D eigenvalue weighted by atomic mass is 9.85. The minimum atomic E-state index is -0.762. The van der Waals surface area contributed by atoms with E-state index in [1.807, 2.05) is 13.0 Å². The summed E-state index contributed by atoms with van der Waals surface area (Å²) in [5, 5.41) is 2.81. The summed E-state index contributed by atoms with van der Waals surface area (Å²) >= 11 is 0. The summed E-state index contributed by atoms with van der Waals surface area (Å²) in [6.07, 6.45) is -0.483. The fourth-order valence-electron chi connectivity index (χ4n) is 3.90. The van der Waals surface area contributed by atoms with Crippen molar-refractivity contribution in [3.63, 3.8) is 0 Å². The lowest BCUT2D eigenvalue weighted by molar-refractivity contribution is 0.0591. The van der Waals surface area contributed by atoms with E-state index in [1.54, 1.807) is 82.5 Å². The van der Waals surface area contributed by atoms with E-state index >= 15 is 0 Å². The first-order valence-corrected chi connectivity index (χ1v) is 11.8. The Morgan fingerprint density at radius 2 is 1.68 bits per heavy atom. The minimum absolute atomic E-state index is 0.138. The van der Waals surface area contributed by atoms with E-state index in [0.29, 0.717) is 28.3 Å². The number of benzene rings is 2. The van der Waals surface area contributed by atoms with Gasteiger partial charge in [0.15, 0.2) is 5.78 Å². The molecule has 0 fully saturated rings. The average Bonchev–Trinajstić information content (AvgIpc) is 2.86. The second-order valence-electron chi connectivity index (χ2n) is 9.53. The average molecular weight is 505 g/mol. The number of Topliss-reactive ketones (excluding diaryl/α,β-unsaturated/α-hetero) is 1. The molecule has 0 aliphatic heterocycles. The SMILES string of the molecule is COC(=O)c1cccc(CC(C(=O)c2ccccc2)c2cc(OC)c(C)cc2NC(=O)OC(C)(C)C)n1. The van der Waals surface area contributed by atoms with Gasteiger partial charge in [0.2, 0.25) is 0 Å². The number of hydrogen-bond donors (Lipinski definition) is 1. The molecule has 1 unspecified atom stereocenters. The molecule has 0 aliphatic carbocycles. The first-order chi connectivity index (χ1) is 17.5. The second-order valence-corrected chi connectivity index (χ2v) is 9.53. The quantitative estimate of drug-likeness (QED) is 0.308. The highest BCUT2D eigenvalue weighted by Gasteiger charge is 2.28. The van der Waals surface area contributed by atoms with Crippen LogP contribution in [0.3, 0.4) is 0 Å². The highest BCUT2D eigenvalue weighted by Crippen LogP contribution is 2.36. The number of amides is 1. The Morgan fingerprint density at radius 1 is 0.973 bits per heavy atom. The molecular weight excluding hydrogens is 472 g/mol. The minimum Gasteiger partial charge on any atom is -0.496 e. The predicted octanol–water partition coefficient (Wildman–Crippen LogP) is 5.74. The lowest BCUT2D eigenvalue weighted by Gasteiger charge is -2.24. The molecule has 0 saturated heterocycles. The molecule has 1 atom stereocenters. The molecule has 1 heterocycles. The van der Waals surface area contributed by atoms with Gasteiger partial charge in [0.1, 0.15) is 17.0 Å². The van der Waals surface area contributed by atoms with Crippen LogP contribution in [0.4, 0.5) is 10.5 Å². The van der Waals surface area contributed by atoms with Crippen LogP contribution in [0, 0.1) is 6.92 Å². The summed E-state index contributed by atoms with van der Waals surface area (Å²) in [5.74, 6) is -0.949. The number of rotatable bonds is 8. The molecule has 37 heavy (non-hydrogen) atoms. The Bertz CT molecular complexity index is 1280. The zero-order chi connectivity index (χ0) is 27.2. The zero-order valence-corrected chi connectivity index (χ0v) is 22.0. The molecular formula is C29H32N2O6. The molecule has 0 saturated carbocycles. The van der Waals surface area contributed by atoms with E-state index in [0.717, 1.165) is 5.56 Å². The third-order valence-electron chi connectivity index (χ3n) is 5.57. The summed E-state index contributed by atoms with van der Waals surface area (Å²) in [4.78, 5) is 43.0. The topological polar surface area (TPSA) is 104 Å². The van der Waals surface area contributed by atoms with Crippen LogP contribution in [0.2, 0.25) is 0 Å². The Morgan fingerprint density at radius 3 is 2.30 bits per heavy atom. The molecule has 8 nitrogen and oxygen atoms in total. The van der Waals surface area contributed by atoms with Gasteiger partial charge in [-0.2, -0.15) is 0 Å². The summed E-state index contributed by atoms with van der Waals surface area (Å²) in [6, 6.07) is 17.4. The van der Waals surface area contributed by atoms with Gasteiger partial charge in [-0.3, -0.25) is 10.1 Å². The number of anilines is 1. The van der Waals surface area contributed by atoms with Crippen LogP contribution in [0.5, 0.6) is 5.75 Å². The van der Waals surface area contributed by atoms with Crippen LogP contribution in [0.1, 0.15) is 64.4 Å². The van der Waals surface area contributed by atoms with E-state index in [4.69, 9.17) is 14.2 Å². The van der Waals surface area contributed by atoms with Gasteiger partial charge in [0, 0.05) is 23.4 Å². The van der Waals surface area contributed by atoms with E-state index < -0.39 is 23.6 Å². The zero-order valence-electron chi connectivity index (χ0n) is 22.0. The molecule has 1 amide bonds. The summed E-state index contributed by atoms with van der Waals surface area (Å²) < 4.78 is 15.8. The third kappa shape index (κ3) is 7.16. The fourth-order valence-corrected chi connectivity index (χ4v) is 3.90. The number of nitrogens with one attached hydrogen (secondary N) is 1. The maximum absolute atomic E-state index is 13.9. The largest absolute Gasteiger partial charge is 0.496 e. The van der Waals surface area contributed by atoms with Crippen LogP contribution in [0.25, 0.3) is 0 Å². The lowest BCUT2D eigenvalue weighted by Crippen LogP contribution is -2.28. The van der Waals surface area contributed by atoms with Crippen molar-refractivity contribution in [2.45, 2.75) is 45.6 Å². The van der Waals surface area contributed by atoms with Crippen molar-refractivity contribution < 1.29 is 28.6 Å². The van der Waals surface area contributed by atoms with Gasteiger partial charge in [0.25, 0.3) is 0 Å². The van der Waals surface area contributed by atoms with Crippen molar-refractivity contribution in [3.05, 3.63) is 88.7 Å². The molecule has 3 rings (SSSR count). The predicted molar refractivity (Wildman–Crippen MR) is 140 cm³/mol. The van der Waals surface area contributed by atoms with Crippen molar-refractivity contribution >= 4 is 23.5 Å². The molecule has 194 valence electrons. The van der Waals surface area contributed by atoms with Crippen molar-refractivity contribution in [2.24, 2.45) is 0 Å². The number of methoxy groups -OCH3 is 2. The summed E-state index contributed by atoms with van der Waals surface area (Å²) in [7, 11) is 2.83. The van der Waals surface area contributed by atoms with E-state index in [9.17, 15) is 14.4 Å². The highest BCUT2D eigenvalue weighted by atomic mass is 16.6. The van der Waals surface area contributed by atoms with Gasteiger partial charge in [-0.15, -0.1) is 0 Å². The van der Waals surface area contributed by atoms with Gasteiger partial charge in [-0.1, -0.05) is 36.4 Å². The molecule has 0 bridgehead atoms. The van der Waals surface area contributed by atoms with Crippen LogP contribution in [0.15, 0.2) is 60.7 Å². The number of carbonyl (C=O) groups excluding carboxylic acids is 3. The first kappa shape index (κ1) is 27.4. The molecule has 3 aromatic rings. The van der Waals surface area contributed by atoms with Gasteiger partial charge >= 0.3 is 12.1 Å². The molecule has 1 N–H and O–H groups in total.